The van der Waals surface area contributed by atoms with Gasteiger partial charge in [-0.25, -0.2) is 0 Å². The SMILES string of the molecule is CCc1ccccc1CNC(=NC)NCCc1ccc(NC(C)=O)cc1. The number of anilines is 1. The molecule has 0 saturated heterocycles. The van der Waals surface area contributed by atoms with Crippen LogP contribution >= 0.6 is 0 Å². The third-order valence-electron chi connectivity index (χ3n) is 4.15. The zero-order chi connectivity index (χ0) is 18.8. The molecule has 0 saturated carbocycles. The molecular weight excluding hydrogens is 324 g/mol. The number of carbonyl (C=O) groups excluding carboxylic acids is 1. The molecule has 3 N–H and O–H groups in total. The number of guanidine groups is 1. The maximum absolute atomic E-state index is 11.0. The number of amides is 1. The molecule has 5 nitrogen and oxygen atoms in total. The molecule has 26 heavy (non-hydrogen) atoms. The van der Waals surface area contributed by atoms with E-state index in [0.29, 0.717) is 0 Å². The minimum Gasteiger partial charge on any atom is -0.356 e. The van der Waals surface area contributed by atoms with E-state index >= 15 is 0 Å². The van der Waals surface area contributed by atoms with E-state index in [1.54, 1.807) is 7.05 Å². The van der Waals surface area contributed by atoms with Crippen molar-refractivity contribution in [1.29, 1.82) is 0 Å². The second-order valence-corrected chi connectivity index (χ2v) is 6.10. The van der Waals surface area contributed by atoms with E-state index in [-0.39, 0.29) is 5.91 Å². The van der Waals surface area contributed by atoms with Crippen molar-refractivity contribution in [1.82, 2.24) is 10.6 Å². The lowest BCUT2D eigenvalue weighted by molar-refractivity contribution is -0.114. The molecule has 0 atom stereocenters. The summed E-state index contributed by atoms with van der Waals surface area (Å²) in [7, 11) is 1.78. The summed E-state index contributed by atoms with van der Waals surface area (Å²) in [6, 6.07) is 16.4. The predicted octanol–water partition coefficient (Wildman–Crippen LogP) is 3.12. The van der Waals surface area contributed by atoms with Crippen molar-refractivity contribution in [2.75, 3.05) is 18.9 Å². The highest BCUT2D eigenvalue weighted by atomic mass is 16.1. The van der Waals surface area contributed by atoms with Gasteiger partial charge in [0.05, 0.1) is 0 Å². The first kappa shape index (κ1) is 19.5. The van der Waals surface area contributed by atoms with E-state index < -0.39 is 0 Å². The molecule has 0 spiro atoms. The van der Waals surface area contributed by atoms with E-state index in [4.69, 9.17) is 0 Å². The van der Waals surface area contributed by atoms with Gasteiger partial charge >= 0.3 is 0 Å². The molecular formula is C21H28N4O. The quantitative estimate of drug-likeness (QED) is 0.530. The van der Waals surface area contributed by atoms with Crippen LogP contribution in [0.4, 0.5) is 5.69 Å². The Kier molecular flexibility index (Phi) is 7.68. The summed E-state index contributed by atoms with van der Waals surface area (Å²) in [4.78, 5) is 15.3. The smallest absolute Gasteiger partial charge is 0.221 e. The predicted molar refractivity (Wildman–Crippen MR) is 108 cm³/mol. The van der Waals surface area contributed by atoms with Gasteiger partial charge in [0.1, 0.15) is 0 Å². The Hall–Kier alpha value is -2.82. The normalized spacial score (nSPS) is 11.1. The summed E-state index contributed by atoms with van der Waals surface area (Å²) in [6.45, 7) is 5.22. The fraction of sp³-hybridized carbons (Fsp3) is 0.333. The van der Waals surface area contributed by atoms with Crippen LogP contribution in [0.1, 0.15) is 30.5 Å². The van der Waals surface area contributed by atoms with Gasteiger partial charge in [-0.3, -0.25) is 9.79 Å². The molecule has 0 heterocycles. The van der Waals surface area contributed by atoms with E-state index in [2.05, 4.69) is 52.1 Å². The number of rotatable bonds is 7. The summed E-state index contributed by atoms with van der Waals surface area (Å²) in [5.41, 5.74) is 4.68. The fourth-order valence-electron chi connectivity index (χ4n) is 2.76. The number of nitrogens with zero attached hydrogens (tertiary/aromatic N) is 1. The molecule has 1 amide bonds. The first-order valence-corrected chi connectivity index (χ1v) is 9.00. The van der Waals surface area contributed by atoms with Crippen molar-refractivity contribution in [2.24, 2.45) is 4.99 Å². The van der Waals surface area contributed by atoms with Crippen LogP contribution in [0, 0.1) is 0 Å². The molecule has 2 rings (SSSR count). The Labute approximate surface area is 155 Å². The average Bonchev–Trinajstić information content (AvgIpc) is 2.65. The topological polar surface area (TPSA) is 65.5 Å². The Bertz CT molecular complexity index is 738. The molecule has 5 heteroatoms. The second kappa shape index (κ2) is 10.2. The molecule has 2 aromatic rings. The second-order valence-electron chi connectivity index (χ2n) is 6.10. The number of hydrogen-bond acceptors (Lipinski definition) is 2. The molecule has 2 aromatic carbocycles. The molecule has 0 aliphatic heterocycles. The van der Waals surface area contributed by atoms with Gasteiger partial charge in [-0.05, 0) is 41.7 Å². The van der Waals surface area contributed by atoms with Gasteiger partial charge in [0, 0.05) is 32.7 Å². The van der Waals surface area contributed by atoms with E-state index in [1.807, 2.05) is 24.3 Å². The van der Waals surface area contributed by atoms with Crippen molar-refractivity contribution >= 4 is 17.6 Å². The molecule has 0 unspecified atom stereocenters. The number of hydrogen-bond donors (Lipinski definition) is 3. The van der Waals surface area contributed by atoms with E-state index in [1.165, 1.54) is 23.6 Å². The van der Waals surface area contributed by atoms with Crippen LogP contribution in [-0.4, -0.2) is 25.5 Å². The number of aryl methyl sites for hydroxylation is 1. The zero-order valence-electron chi connectivity index (χ0n) is 15.8. The lowest BCUT2D eigenvalue weighted by Gasteiger charge is -2.14. The summed E-state index contributed by atoms with van der Waals surface area (Å²) in [5, 5.41) is 9.48. The maximum Gasteiger partial charge on any atom is 0.221 e. The van der Waals surface area contributed by atoms with Crippen LogP contribution in [0.5, 0.6) is 0 Å². The van der Waals surface area contributed by atoms with Crippen LogP contribution in [0.25, 0.3) is 0 Å². The van der Waals surface area contributed by atoms with Gasteiger partial charge in [-0.1, -0.05) is 43.3 Å². The number of nitrogens with one attached hydrogen (secondary N) is 3. The Morgan fingerprint density at radius 3 is 2.31 bits per heavy atom. The molecule has 0 aliphatic rings. The van der Waals surface area contributed by atoms with E-state index in [0.717, 1.165) is 37.6 Å². The monoisotopic (exact) mass is 352 g/mol. The Balaban J connectivity index is 1.79. The molecule has 0 aromatic heterocycles. The zero-order valence-corrected chi connectivity index (χ0v) is 15.8. The number of benzene rings is 2. The van der Waals surface area contributed by atoms with Crippen molar-refractivity contribution in [3.63, 3.8) is 0 Å². The average molecular weight is 352 g/mol. The summed E-state index contributed by atoms with van der Waals surface area (Å²) >= 11 is 0. The summed E-state index contributed by atoms with van der Waals surface area (Å²) in [5.74, 6) is 0.740. The van der Waals surface area contributed by atoms with Crippen LogP contribution in [0.15, 0.2) is 53.5 Å². The standard InChI is InChI=1S/C21H28N4O/c1-4-18-7-5-6-8-19(18)15-24-21(22-3)23-14-13-17-9-11-20(12-10-17)25-16(2)26/h5-12H,4,13-15H2,1-3H3,(H,25,26)(H2,22,23,24). The third-order valence-corrected chi connectivity index (χ3v) is 4.15. The molecule has 0 aliphatic carbocycles. The molecule has 0 radical (unpaired) electrons. The van der Waals surface area contributed by atoms with Gasteiger partial charge < -0.3 is 16.0 Å². The largest absolute Gasteiger partial charge is 0.356 e. The van der Waals surface area contributed by atoms with Crippen molar-refractivity contribution in [3.05, 3.63) is 65.2 Å². The van der Waals surface area contributed by atoms with Gasteiger partial charge in [-0.2, -0.15) is 0 Å². The van der Waals surface area contributed by atoms with Gasteiger partial charge in [-0.15, -0.1) is 0 Å². The summed E-state index contributed by atoms with van der Waals surface area (Å²) < 4.78 is 0. The Morgan fingerprint density at radius 2 is 1.69 bits per heavy atom. The molecule has 138 valence electrons. The number of aliphatic imine (C=N–C) groups is 1. The van der Waals surface area contributed by atoms with Crippen molar-refractivity contribution < 1.29 is 4.79 Å². The van der Waals surface area contributed by atoms with Crippen LogP contribution in [0.3, 0.4) is 0 Å². The molecule has 0 bridgehead atoms. The first-order chi connectivity index (χ1) is 12.6. The van der Waals surface area contributed by atoms with Crippen molar-refractivity contribution in [3.8, 4) is 0 Å². The summed E-state index contributed by atoms with van der Waals surface area (Å²) in [6.07, 6.45) is 1.91. The van der Waals surface area contributed by atoms with Crippen LogP contribution in [-0.2, 0) is 24.2 Å². The minimum atomic E-state index is -0.0565. The number of carbonyl (C=O) groups is 1. The first-order valence-electron chi connectivity index (χ1n) is 9.00. The van der Waals surface area contributed by atoms with Gasteiger partial charge in [0.15, 0.2) is 5.96 Å². The minimum absolute atomic E-state index is 0.0565. The van der Waals surface area contributed by atoms with Crippen LogP contribution < -0.4 is 16.0 Å². The lowest BCUT2D eigenvalue weighted by Crippen LogP contribution is -2.38. The van der Waals surface area contributed by atoms with Crippen molar-refractivity contribution in [2.45, 2.75) is 33.2 Å². The van der Waals surface area contributed by atoms with E-state index in [9.17, 15) is 4.79 Å². The fourth-order valence-corrected chi connectivity index (χ4v) is 2.76. The van der Waals surface area contributed by atoms with Gasteiger partial charge in [0.25, 0.3) is 0 Å². The highest BCUT2D eigenvalue weighted by Gasteiger charge is 2.02. The lowest BCUT2D eigenvalue weighted by atomic mass is 10.1. The molecule has 0 fully saturated rings. The highest BCUT2D eigenvalue weighted by molar-refractivity contribution is 5.88. The highest BCUT2D eigenvalue weighted by Crippen LogP contribution is 2.10. The van der Waals surface area contributed by atoms with Gasteiger partial charge in [0.2, 0.25) is 5.91 Å². The van der Waals surface area contributed by atoms with Crippen LogP contribution in [0.2, 0.25) is 0 Å². The maximum atomic E-state index is 11.0. The third kappa shape index (κ3) is 6.24. The Morgan fingerprint density at radius 1 is 1.00 bits per heavy atom.